The number of hydrogen-bond donors (Lipinski definition) is 0. The van der Waals surface area contributed by atoms with Gasteiger partial charge in [0.2, 0.25) is 0 Å². The van der Waals surface area contributed by atoms with Crippen molar-refractivity contribution in [2.24, 2.45) is 0 Å². The molecule has 0 radical (unpaired) electrons. The Balaban J connectivity index is 2.15. The molecule has 4 nitrogen and oxygen atoms in total. The van der Waals surface area contributed by atoms with Gasteiger partial charge >= 0.3 is 0 Å². The lowest BCUT2D eigenvalue weighted by Gasteiger charge is -2.06. The van der Waals surface area contributed by atoms with Gasteiger partial charge in [0.1, 0.15) is 18.4 Å². The van der Waals surface area contributed by atoms with Crippen LogP contribution in [0.1, 0.15) is 10.4 Å². The number of aromatic nitrogens is 2. The van der Waals surface area contributed by atoms with E-state index in [-0.39, 0.29) is 0 Å². The van der Waals surface area contributed by atoms with Crippen LogP contribution in [0.5, 0.6) is 5.75 Å². The largest absolute Gasteiger partial charge is 0.497 e. The summed E-state index contributed by atoms with van der Waals surface area (Å²) in [6, 6.07) is 13.1. The average Bonchev–Trinajstić information content (AvgIpc) is 2.90. The van der Waals surface area contributed by atoms with Crippen molar-refractivity contribution in [2.45, 2.75) is 0 Å². The standard InChI is InChI=1S/C15H12N2O2/c1-19-13-5-3-12(4-6-13)17-10-16-14-7-2-11(9-18)8-15(14)17/h2-10H,1H3. The maximum absolute atomic E-state index is 10.9. The molecule has 0 aliphatic heterocycles. The minimum Gasteiger partial charge on any atom is -0.497 e. The molecule has 2 aromatic carbocycles. The van der Waals surface area contributed by atoms with E-state index in [9.17, 15) is 4.79 Å². The second kappa shape index (κ2) is 4.57. The quantitative estimate of drug-likeness (QED) is 0.673. The number of fused-ring (bicyclic) bond motifs is 1. The normalized spacial score (nSPS) is 10.6. The third-order valence-electron chi connectivity index (χ3n) is 3.06. The first-order valence-corrected chi connectivity index (χ1v) is 5.88. The summed E-state index contributed by atoms with van der Waals surface area (Å²) < 4.78 is 7.09. The number of carbonyl (C=O) groups is 1. The van der Waals surface area contributed by atoms with Crippen molar-refractivity contribution in [1.82, 2.24) is 9.55 Å². The molecule has 0 bridgehead atoms. The fourth-order valence-electron chi connectivity index (χ4n) is 2.05. The van der Waals surface area contributed by atoms with Crippen molar-refractivity contribution in [2.75, 3.05) is 7.11 Å². The van der Waals surface area contributed by atoms with Gasteiger partial charge in [-0.3, -0.25) is 9.36 Å². The third kappa shape index (κ3) is 1.97. The Morgan fingerprint density at radius 2 is 1.95 bits per heavy atom. The van der Waals surface area contributed by atoms with Crippen LogP contribution in [-0.2, 0) is 0 Å². The molecule has 19 heavy (non-hydrogen) atoms. The van der Waals surface area contributed by atoms with Crippen LogP contribution in [0.4, 0.5) is 0 Å². The molecule has 0 atom stereocenters. The van der Waals surface area contributed by atoms with Crippen LogP contribution in [0.2, 0.25) is 0 Å². The average molecular weight is 252 g/mol. The minimum absolute atomic E-state index is 0.641. The van der Waals surface area contributed by atoms with Crippen molar-refractivity contribution in [3.63, 3.8) is 0 Å². The van der Waals surface area contributed by atoms with Crippen molar-refractivity contribution in [3.05, 3.63) is 54.4 Å². The minimum atomic E-state index is 0.641. The maximum atomic E-state index is 10.9. The second-order valence-electron chi connectivity index (χ2n) is 4.18. The van der Waals surface area contributed by atoms with Crippen LogP contribution < -0.4 is 4.74 Å². The number of nitrogens with zero attached hydrogens (tertiary/aromatic N) is 2. The zero-order chi connectivity index (χ0) is 13.2. The first-order chi connectivity index (χ1) is 9.31. The van der Waals surface area contributed by atoms with E-state index in [0.29, 0.717) is 5.56 Å². The summed E-state index contributed by atoms with van der Waals surface area (Å²) in [4.78, 5) is 15.2. The molecule has 0 saturated carbocycles. The van der Waals surface area contributed by atoms with Crippen molar-refractivity contribution < 1.29 is 9.53 Å². The highest BCUT2D eigenvalue weighted by molar-refractivity contribution is 5.85. The lowest BCUT2D eigenvalue weighted by molar-refractivity contribution is 0.112. The lowest BCUT2D eigenvalue weighted by Crippen LogP contribution is -1.93. The van der Waals surface area contributed by atoms with E-state index in [1.165, 1.54) is 0 Å². The molecule has 0 fully saturated rings. The fourth-order valence-corrected chi connectivity index (χ4v) is 2.05. The molecule has 3 aromatic rings. The van der Waals surface area contributed by atoms with E-state index in [4.69, 9.17) is 4.74 Å². The maximum Gasteiger partial charge on any atom is 0.150 e. The smallest absolute Gasteiger partial charge is 0.150 e. The highest BCUT2D eigenvalue weighted by Crippen LogP contribution is 2.21. The summed E-state index contributed by atoms with van der Waals surface area (Å²) in [7, 11) is 1.64. The van der Waals surface area contributed by atoms with Gasteiger partial charge in [-0.2, -0.15) is 0 Å². The molecule has 4 heteroatoms. The summed E-state index contributed by atoms with van der Waals surface area (Å²) in [6.45, 7) is 0. The predicted octanol–water partition coefficient (Wildman–Crippen LogP) is 2.85. The molecule has 1 heterocycles. The van der Waals surface area contributed by atoms with Crippen LogP contribution in [0.3, 0.4) is 0 Å². The summed E-state index contributed by atoms with van der Waals surface area (Å²) in [5, 5.41) is 0. The van der Waals surface area contributed by atoms with Crippen LogP contribution in [0.25, 0.3) is 16.7 Å². The van der Waals surface area contributed by atoms with Gasteiger partial charge in [-0.05, 0) is 42.5 Å². The summed E-state index contributed by atoms with van der Waals surface area (Å²) in [6.07, 6.45) is 2.59. The SMILES string of the molecule is COc1ccc(-n2cnc3ccc(C=O)cc32)cc1. The van der Waals surface area contributed by atoms with Crippen LogP contribution in [0.15, 0.2) is 48.8 Å². The summed E-state index contributed by atoms with van der Waals surface area (Å²) >= 11 is 0. The van der Waals surface area contributed by atoms with E-state index >= 15 is 0 Å². The Morgan fingerprint density at radius 1 is 1.16 bits per heavy atom. The van der Waals surface area contributed by atoms with E-state index in [1.54, 1.807) is 19.5 Å². The van der Waals surface area contributed by atoms with Crippen LogP contribution in [0, 0.1) is 0 Å². The van der Waals surface area contributed by atoms with Gasteiger partial charge in [-0.25, -0.2) is 4.98 Å². The van der Waals surface area contributed by atoms with Crippen molar-refractivity contribution in [1.29, 1.82) is 0 Å². The van der Waals surface area contributed by atoms with E-state index < -0.39 is 0 Å². The number of aldehydes is 1. The predicted molar refractivity (Wildman–Crippen MR) is 73.0 cm³/mol. The van der Waals surface area contributed by atoms with Gasteiger partial charge in [0, 0.05) is 11.3 Å². The molecular formula is C15H12N2O2. The first kappa shape index (κ1) is 11.5. The Morgan fingerprint density at radius 3 is 2.63 bits per heavy atom. The number of carbonyl (C=O) groups excluding carboxylic acids is 1. The Labute approximate surface area is 110 Å². The summed E-state index contributed by atoms with van der Waals surface area (Å²) in [5.74, 6) is 0.807. The number of benzene rings is 2. The fraction of sp³-hybridized carbons (Fsp3) is 0.0667. The Bertz CT molecular complexity index is 729. The van der Waals surface area contributed by atoms with E-state index in [2.05, 4.69) is 4.98 Å². The Hall–Kier alpha value is -2.62. The van der Waals surface area contributed by atoms with Gasteiger partial charge in [-0.15, -0.1) is 0 Å². The van der Waals surface area contributed by atoms with Crippen LogP contribution in [-0.4, -0.2) is 22.9 Å². The van der Waals surface area contributed by atoms with Gasteiger partial charge < -0.3 is 4.74 Å². The monoisotopic (exact) mass is 252 g/mol. The highest BCUT2D eigenvalue weighted by Gasteiger charge is 2.05. The third-order valence-corrected chi connectivity index (χ3v) is 3.06. The molecule has 1 aromatic heterocycles. The van der Waals surface area contributed by atoms with Gasteiger partial charge in [0.15, 0.2) is 0 Å². The molecule has 0 saturated heterocycles. The molecule has 0 aliphatic rings. The number of hydrogen-bond acceptors (Lipinski definition) is 3. The molecule has 0 unspecified atom stereocenters. The zero-order valence-electron chi connectivity index (χ0n) is 10.4. The molecule has 3 rings (SSSR count). The highest BCUT2D eigenvalue weighted by atomic mass is 16.5. The number of rotatable bonds is 3. The number of methoxy groups -OCH3 is 1. The molecule has 0 N–H and O–H groups in total. The Kier molecular flexibility index (Phi) is 2.76. The number of imidazole rings is 1. The molecule has 94 valence electrons. The van der Waals surface area contributed by atoms with E-state index in [1.807, 2.05) is 41.0 Å². The van der Waals surface area contributed by atoms with Gasteiger partial charge in [0.05, 0.1) is 18.1 Å². The first-order valence-electron chi connectivity index (χ1n) is 5.88. The van der Waals surface area contributed by atoms with Crippen LogP contribution >= 0.6 is 0 Å². The second-order valence-corrected chi connectivity index (χ2v) is 4.18. The van der Waals surface area contributed by atoms with Crippen molar-refractivity contribution >= 4 is 17.3 Å². The molecule has 0 aliphatic carbocycles. The number of ether oxygens (including phenoxy) is 1. The lowest BCUT2D eigenvalue weighted by atomic mass is 10.2. The molecule has 0 spiro atoms. The van der Waals surface area contributed by atoms with E-state index in [0.717, 1.165) is 28.8 Å². The van der Waals surface area contributed by atoms with Gasteiger partial charge in [-0.1, -0.05) is 0 Å². The van der Waals surface area contributed by atoms with Gasteiger partial charge in [0.25, 0.3) is 0 Å². The summed E-state index contributed by atoms with van der Waals surface area (Å²) in [5.41, 5.74) is 3.39. The van der Waals surface area contributed by atoms with Crippen molar-refractivity contribution in [3.8, 4) is 11.4 Å². The topological polar surface area (TPSA) is 44.1 Å². The molecule has 0 amide bonds. The molecular weight excluding hydrogens is 240 g/mol. The zero-order valence-corrected chi connectivity index (χ0v) is 10.4.